The smallest absolute Gasteiger partial charge is 0.293 e. The first-order valence-electron chi connectivity index (χ1n) is 17.5. The number of carbonyl (C=O) groups excluding carboxylic acids is 1. The average Bonchev–Trinajstić information content (AvgIpc) is 3.68. The molecule has 1 amide bonds. The Bertz CT molecular complexity index is 2440. The molecule has 1 fully saturated rings. The van der Waals surface area contributed by atoms with Gasteiger partial charge in [0.25, 0.3) is 12.3 Å². The predicted molar refractivity (Wildman–Crippen MR) is 199 cm³/mol. The van der Waals surface area contributed by atoms with Gasteiger partial charge in [0.1, 0.15) is 34.5 Å². The maximum absolute atomic E-state index is 15.7. The fraction of sp³-hybridized carbons (Fsp3) is 0.395. The Kier molecular flexibility index (Phi) is 10.3. The maximum atomic E-state index is 15.7. The number of anilines is 1. The molecule has 56 heavy (non-hydrogen) atoms. The fourth-order valence-corrected chi connectivity index (χ4v) is 8.40. The van der Waals surface area contributed by atoms with Crippen LogP contribution < -0.4 is 15.4 Å². The highest BCUT2D eigenvalue weighted by Crippen LogP contribution is 2.63. The second-order valence-electron chi connectivity index (χ2n) is 14.3. The Hall–Kier alpha value is -4.83. The molecule has 3 aromatic heterocycles. The summed E-state index contributed by atoms with van der Waals surface area (Å²) in [5.41, 5.74) is -0.0385. The molecule has 3 atom stereocenters. The second-order valence-corrected chi connectivity index (χ2v) is 16.1. The van der Waals surface area contributed by atoms with Crippen LogP contribution in [-0.2, 0) is 30.7 Å². The lowest BCUT2D eigenvalue weighted by Gasteiger charge is -2.34. The Labute approximate surface area is 325 Å². The molecule has 0 spiro atoms. The molecule has 0 saturated heterocycles. The fourth-order valence-electron chi connectivity index (χ4n) is 7.66. The number of aryl methyl sites for hydroxylation is 1. The van der Waals surface area contributed by atoms with Crippen molar-refractivity contribution in [3.63, 3.8) is 0 Å². The van der Waals surface area contributed by atoms with Gasteiger partial charge in [-0.2, -0.15) is 19.0 Å². The van der Waals surface area contributed by atoms with Crippen molar-refractivity contribution in [1.82, 2.24) is 29.9 Å². The predicted octanol–water partition coefficient (Wildman–Crippen LogP) is 8.22. The third kappa shape index (κ3) is 7.05. The number of hydrogen-bond acceptors (Lipinski definition) is 7. The summed E-state index contributed by atoms with van der Waals surface area (Å²) in [5, 5.41) is 28.5. The van der Waals surface area contributed by atoms with Crippen LogP contribution in [0.3, 0.4) is 0 Å². The minimum atomic E-state index is -3.49. The number of rotatable bonds is 10. The molecule has 3 heterocycles. The highest BCUT2D eigenvalue weighted by molar-refractivity contribution is 7.90. The zero-order valence-corrected chi connectivity index (χ0v) is 32.2. The number of nitrogens with one attached hydrogen (secondary N) is 2. The van der Waals surface area contributed by atoms with Crippen LogP contribution in [0.2, 0.25) is 5.02 Å². The molecule has 2 aromatic carbocycles. The minimum absolute atomic E-state index is 0.0933. The van der Waals surface area contributed by atoms with Gasteiger partial charge >= 0.3 is 0 Å². The number of aliphatic hydroxyl groups is 1. The van der Waals surface area contributed by atoms with E-state index in [1.54, 1.807) is 37.0 Å². The number of methoxy groups -OCH3 is 1. The van der Waals surface area contributed by atoms with E-state index in [9.17, 15) is 27.5 Å². The van der Waals surface area contributed by atoms with E-state index in [1.165, 1.54) is 21.0 Å². The number of aromatic nitrogens is 5. The van der Waals surface area contributed by atoms with Gasteiger partial charge in [0, 0.05) is 42.8 Å². The van der Waals surface area contributed by atoms with Crippen LogP contribution in [0.25, 0.3) is 22.0 Å². The number of amides is 1. The Morgan fingerprint density at radius 1 is 1.12 bits per heavy atom. The molecule has 7 rings (SSSR count). The monoisotopic (exact) mass is 819 g/mol. The zero-order chi connectivity index (χ0) is 40.4. The molecule has 5 aromatic rings. The normalized spacial score (nSPS) is 17.6. The highest BCUT2D eigenvalue weighted by Gasteiger charge is 2.62. The Morgan fingerprint density at radius 2 is 1.84 bits per heavy atom. The van der Waals surface area contributed by atoms with Gasteiger partial charge in [0.2, 0.25) is 5.91 Å². The van der Waals surface area contributed by atoms with Crippen molar-refractivity contribution in [1.29, 1.82) is 0 Å². The number of ether oxygens (including phenoxy) is 1. The second kappa shape index (κ2) is 14.6. The summed E-state index contributed by atoms with van der Waals surface area (Å²) < 4.78 is 96.8. The quantitative estimate of drug-likeness (QED) is 0.0961. The highest BCUT2D eigenvalue weighted by atomic mass is 35.5. The first kappa shape index (κ1) is 39.4. The Balaban J connectivity index is 1.41. The molecule has 0 unspecified atom stereocenters. The van der Waals surface area contributed by atoms with E-state index < -0.39 is 70.6 Å². The van der Waals surface area contributed by atoms with E-state index >= 15 is 8.78 Å². The lowest BCUT2D eigenvalue weighted by atomic mass is 9.73. The topological polar surface area (TPSA) is 119 Å². The molecular weight excluding hydrogens is 784 g/mol. The molecule has 18 heteroatoms. The third-order valence-electron chi connectivity index (χ3n) is 10.1. The van der Waals surface area contributed by atoms with Gasteiger partial charge in [-0.1, -0.05) is 28.8 Å². The zero-order valence-electron chi connectivity index (χ0n) is 30.7. The van der Waals surface area contributed by atoms with E-state index in [4.69, 9.17) is 21.3 Å². The van der Waals surface area contributed by atoms with E-state index in [0.717, 1.165) is 23.3 Å². The molecule has 10 nitrogen and oxygen atoms in total. The number of nitrogens with zero attached hydrogens (tertiary/aromatic N) is 5. The van der Waals surface area contributed by atoms with Crippen molar-refractivity contribution in [3.8, 4) is 22.1 Å². The number of fused-ring (bicyclic) bond motifs is 4. The van der Waals surface area contributed by atoms with Crippen molar-refractivity contribution in [2.24, 2.45) is 13.0 Å². The van der Waals surface area contributed by atoms with Crippen LogP contribution in [0, 0.1) is 22.7 Å². The van der Waals surface area contributed by atoms with Crippen molar-refractivity contribution >= 4 is 45.4 Å². The number of hydrogen-bond donors (Lipinski definition) is 3. The standard InChI is InChI=1S/C38H36ClF6N7O3S/c1-37(2,54)56-16-26-27(55-5)14-22(20-7-9-24(39)30-33(20)51(4)50-36(30)46-3)31(48-26)25(12-17-10-18(40)13-19(41)11-17)47-28(53)15-52-34-29(32(49-52)35(42)43)21-6-8-23(21)38(34,44)45/h7,9-11,13-14,21,23,25,35,54H,6,8,12,15H2,1-5H3,(H,46,50)(H,47,53)/t21-,23+,25-/m0/s1. The molecule has 2 aliphatic carbocycles. The van der Waals surface area contributed by atoms with Gasteiger partial charge in [0.05, 0.1) is 34.8 Å². The van der Waals surface area contributed by atoms with Gasteiger partial charge in [0.15, 0.2) is 17.3 Å². The molecule has 0 radical (unpaired) electrons. The average molecular weight is 820 g/mol. The van der Waals surface area contributed by atoms with Gasteiger partial charge in [-0.3, -0.25) is 14.2 Å². The number of pyridine rings is 1. The summed E-state index contributed by atoms with van der Waals surface area (Å²) in [4.78, 5) is 17.6. The summed E-state index contributed by atoms with van der Waals surface area (Å²) >= 11 is 7.55. The van der Waals surface area contributed by atoms with Crippen LogP contribution in [0.5, 0.6) is 5.75 Å². The maximum Gasteiger partial charge on any atom is 0.293 e. The summed E-state index contributed by atoms with van der Waals surface area (Å²) in [7, 11) is 4.76. The molecule has 296 valence electrons. The molecule has 3 N–H and O–H groups in total. The van der Waals surface area contributed by atoms with Crippen molar-refractivity contribution in [2.75, 3.05) is 19.5 Å². The van der Waals surface area contributed by atoms with Crippen LogP contribution in [0.1, 0.15) is 79.0 Å². The van der Waals surface area contributed by atoms with Gasteiger partial charge in [-0.05, 0) is 74.0 Å². The largest absolute Gasteiger partial charge is 0.494 e. The first-order chi connectivity index (χ1) is 26.4. The van der Waals surface area contributed by atoms with Crippen molar-refractivity contribution in [2.45, 2.75) is 68.9 Å². The lowest BCUT2D eigenvalue weighted by Crippen LogP contribution is -2.36. The third-order valence-corrected chi connectivity index (χ3v) is 11.2. The van der Waals surface area contributed by atoms with E-state index in [1.807, 2.05) is 0 Å². The van der Waals surface area contributed by atoms with E-state index in [2.05, 4.69) is 26.0 Å². The van der Waals surface area contributed by atoms with Gasteiger partial charge < -0.3 is 20.5 Å². The van der Waals surface area contributed by atoms with Crippen LogP contribution >= 0.6 is 22.8 Å². The van der Waals surface area contributed by atoms with E-state index in [0.29, 0.717) is 50.0 Å². The molecular formula is C38H36ClF6N7O3S. The first-order valence-corrected chi connectivity index (χ1v) is 18.7. The van der Waals surface area contributed by atoms with Crippen molar-refractivity contribution in [3.05, 3.63) is 87.0 Å². The van der Waals surface area contributed by atoms with Crippen LogP contribution in [-0.4, -0.2) is 54.6 Å². The minimum Gasteiger partial charge on any atom is -0.494 e. The van der Waals surface area contributed by atoms with E-state index in [-0.39, 0.29) is 41.1 Å². The Morgan fingerprint density at radius 3 is 2.45 bits per heavy atom. The van der Waals surface area contributed by atoms with Gasteiger partial charge in [-0.15, -0.1) is 0 Å². The SMILES string of the molecule is CNc1nn(C)c2c(-c3cc(OC)c(C#SC(C)(C)O)nc3[C@H](Cc3cc(F)cc(F)c3)NC(=O)Cn3nc(C(F)F)c4c3C(F)(F)[C@@H]3CC[C@H]43)ccc(Cl)c12. The van der Waals surface area contributed by atoms with Gasteiger partial charge in [-0.25, -0.2) is 22.5 Å². The number of alkyl halides is 4. The summed E-state index contributed by atoms with van der Waals surface area (Å²) in [5.74, 6) is -7.50. The summed E-state index contributed by atoms with van der Waals surface area (Å²) in [6, 6.07) is 6.51. The summed E-state index contributed by atoms with van der Waals surface area (Å²) in [6.45, 7) is 2.18. The number of benzene rings is 2. The number of halogens is 7. The number of carbonyl (C=O) groups is 1. The molecule has 1 saturated carbocycles. The molecule has 2 aliphatic rings. The van der Waals surface area contributed by atoms with Crippen molar-refractivity contribution < 1.29 is 41.0 Å². The van der Waals surface area contributed by atoms with Crippen LogP contribution in [0.4, 0.5) is 32.2 Å². The lowest BCUT2D eigenvalue weighted by molar-refractivity contribution is -0.123. The summed E-state index contributed by atoms with van der Waals surface area (Å²) in [6.07, 6.45) is -2.99. The molecule has 0 aliphatic heterocycles. The van der Waals surface area contributed by atoms with Crippen LogP contribution in [0.15, 0.2) is 36.4 Å². The molecule has 0 bridgehead atoms.